The molecule has 0 spiro atoms. The number of rotatable bonds is 6. The summed E-state index contributed by atoms with van der Waals surface area (Å²) in [6.07, 6.45) is 3.14. The highest BCUT2D eigenvalue weighted by Crippen LogP contribution is 2.36. The second kappa shape index (κ2) is 8.35. The van der Waals surface area contributed by atoms with Gasteiger partial charge in [-0.2, -0.15) is 0 Å². The minimum atomic E-state index is -0.0280. The fraction of sp³-hybridized carbons (Fsp3) is 0.650. The average molecular weight is 408 g/mol. The Labute approximate surface area is 169 Å². The van der Waals surface area contributed by atoms with E-state index in [1.54, 1.807) is 15.9 Å². The molecular formula is C20H29N3O2S2. The maximum Gasteiger partial charge on any atom is 0.263 e. The molecule has 0 saturated heterocycles. The van der Waals surface area contributed by atoms with Crippen LogP contribution in [0.25, 0.3) is 10.2 Å². The van der Waals surface area contributed by atoms with Gasteiger partial charge < -0.3 is 5.32 Å². The van der Waals surface area contributed by atoms with Gasteiger partial charge in [0, 0.05) is 17.5 Å². The van der Waals surface area contributed by atoms with Gasteiger partial charge in [-0.1, -0.05) is 32.5 Å². The van der Waals surface area contributed by atoms with Crippen molar-refractivity contribution in [2.24, 2.45) is 11.8 Å². The number of aromatic nitrogens is 2. The average Bonchev–Trinajstić information content (AvgIpc) is 2.92. The predicted molar refractivity (Wildman–Crippen MR) is 114 cm³/mol. The van der Waals surface area contributed by atoms with Crippen LogP contribution in [0.3, 0.4) is 0 Å². The number of aryl methyl sites for hydroxylation is 1. The molecule has 1 aliphatic carbocycles. The maximum absolute atomic E-state index is 13.3. The van der Waals surface area contributed by atoms with Gasteiger partial charge in [-0.3, -0.25) is 14.2 Å². The van der Waals surface area contributed by atoms with Crippen molar-refractivity contribution in [1.29, 1.82) is 0 Å². The van der Waals surface area contributed by atoms with Crippen molar-refractivity contribution in [2.45, 2.75) is 71.6 Å². The Morgan fingerprint density at radius 1 is 1.37 bits per heavy atom. The van der Waals surface area contributed by atoms with Crippen molar-refractivity contribution in [2.75, 3.05) is 5.75 Å². The van der Waals surface area contributed by atoms with E-state index in [9.17, 15) is 9.59 Å². The molecule has 2 heterocycles. The Bertz CT molecular complexity index is 899. The molecule has 1 N–H and O–H groups in total. The summed E-state index contributed by atoms with van der Waals surface area (Å²) in [7, 11) is 0. The molecule has 0 radical (unpaired) electrons. The molecule has 0 saturated carbocycles. The van der Waals surface area contributed by atoms with Gasteiger partial charge in [-0.15, -0.1) is 11.3 Å². The Morgan fingerprint density at radius 3 is 2.78 bits per heavy atom. The lowest BCUT2D eigenvalue weighted by atomic mass is 9.89. The molecule has 1 atom stereocenters. The molecule has 0 bridgehead atoms. The van der Waals surface area contributed by atoms with Gasteiger partial charge >= 0.3 is 0 Å². The number of thiophene rings is 1. The smallest absolute Gasteiger partial charge is 0.263 e. The van der Waals surface area contributed by atoms with E-state index in [4.69, 9.17) is 4.98 Å². The van der Waals surface area contributed by atoms with Gasteiger partial charge in [0.1, 0.15) is 4.83 Å². The first-order valence-electron chi connectivity index (χ1n) is 9.73. The Hall–Kier alpha value is -1.34. The van der Waals surface area contributed by atoms with Crippen LogP contribution < -0.4 is 10.9 Å². The van der Waals surface area contributed by atoms with Gasteiger partial charge in [0.25, 0.3) is 5.56 Å². The van der Waals surface area contributed by atoms with E-state index in [0.29, 0.717) is 23.5 Å². The molecule has 5 nitrogen and oxygen atoms in total. The largest absolute Gasteiger partial charge is 0.353 e. The molecule has 148 valence electrons. The quantitative estimate of drug-likeness (QED) is 0.583. The second-order valence-corrected chi connectivity index (χ2v) is 10.3. The summed E-state index contributed by atoms with van der Waals surface area (Å²) in [6.45, 7) is 11.0. The number of thioether (sulfide) groups is 1. The summed E-state index contributed by atoms with van der Waals surface area (Å²) in [5.74, 6) is 1.24. The monoisotopic (exact) mass is 407 g/mol. The van der Waals surface area contributed by atoms with Gasteiger partial charge in [-0.05, 0) is 50.5 Å². The molecule has 1 amide bonds. The normalized spacial score (nSPS) is 16.9. The standard InChI is InChI=1S/C20H29N3O2S2/c1-11(2)9-23-19(25)17-14-7-6-13(5)8-15(14)27-18(17)22-20(23)26-10-16(24)21-12(3)4/h11-13H,6-10H2,1-5H3,(H,21,24)/t13-/m0/s1. The van der Waals surface area contributed by atoms with E-state index in [2.05, 4.69) is 26.1 Å². The lowest BCUT2D eigenvalue weighted by Crippen LogP contribution is -2.32. The van der Waals surface area contributed by atoms with Crippen molar-refractivity contribution in [1.82, 2.24) is 14.9 Å². The van der Waals surface area contributed by atoms with E-state index >= 15 is 0 Å². The highest BCUT2D eigenvalue weighted by atomic mass is 32.2. The minimum absolute atomic E-state index is 0.0280. The topological polar surface area (TPSA) is 64.0 Å². The van der Waals surface area contributed by atoms with Crippen LogP contribution in [0.5, 0.6) is 0 Å². The van der Waals surface area contributed by atoms with Crippen LogP contribution >= 0.6 is 23.1 Å². The summed E-state index contributed by atoms with van der Waals surface area (Å²) in [5.41, 5.74) is 1.28. The molecule has 1 aliphatic rings. The van der Waals surface area contributed by atoms with Gasteiger partial charge in [0.2, 0.25) is 5.91 Å². The van der Waals surface area contributed by atoms with Gasteiger partial charge in [-0.25, -0.2) is 4.98 Å². The van der Waals surface area contributed by atoms with Crippen molar-refractivity contribution in [3.8, 4) is 0 Å². The number of amides is 1. The Balaban J connectivity index is 2.01. The van der Waals surface area contributed by atoms with E-state index < -0.39 is 0 Å². The van der Waals surface area contributed by atoms with Crippen LogP contribution in [0.2, 0.25) is 0 Å². The minimum Gasteiger partial charge on any atom is -0.353 e. The fourth-order valence-corrected chi connectivity index (χ4v) is 5.78. The van der Waals surface area contributed by atoms with Crippen LogP contribution in [-0.4, -0.2) is 27.3 Å². The van der Waals surface area contributed by atoms with E-state index in [1.807, 2.05) is 13.8 Å². The van der Waals surface area contributed by atoms with Crippen molar-refractivity contribution in [3.05, 3.63) is 20.8 Å². The molecule has 2 aromatic rings. The zero-order valence-corrected chi connectivity index (χ0v) is 18.4. The lowest BCUT2D eigenvalue weighted by molar-refractivity contribution is -0.119. The van der Waals surface area contributed by atoms with Crippen molar-refractivity contribution < 1.29 is 4.79 Å². The molecule has 27 heavy (non-hydrogen) atoms. The number of hydrogen-bond acceptors (Lipinski definition) is 5. The maximum atomic E-state index is 13.3. The van der Waals surface area contributed by atoms with E-state index in [-0.39, 0.29) is 23.3 Å². The molecule has 0 unspecified atom stereocenters. The van der Waals surface area contributed by atoms with Gasteiger partial charge in [0.15, 0.2) is 5.16 Å². The third kappa shape index (κ3) is 4.57. The summed E-state index contributed by atoms with van der Waals surface area (Å²) >= 11 is 3.03. The third-order valence-corrected chi connectivity index (χ3v) is 6.83. The number of carbonyl (C=O) groups excluding carboxylic acids is 1. The molecule has 3 rings (SSSR count). The fourth-order valence-electron chi connectivity index (χ4n) is 3.53. The first-order valence-corrected chi connectivity index (χ1v) is 11.5. The number of hydrogen-bond donors (Lipinski definition) is 1. The van der Waals surface area contributed by atoms with Crippen molar-refractivity contribution in [3.63, 3.8) is 0 Å². The summed E-state index contributed by atoms with van der Waals surface area (Å²) < 4.78 is 1.78. The highest BCUT2D eigenvalue weighted by Gasteiger charge is 2.25. The third-order valence-electron chi connectivity index (χ3n) is 4.71. The highest BCUT2D eigenvalue weighted by molar-refractivity contribution is 7.99. The van der Waals surface area contributed by atoms with Gasteiger partial charge in [0.05, 0.1) is 11.1 Å². The summed E-state index contributed by atoms with van der Waals surface area (Å²) in [4.78, 5) is 32.4. The second-order valence-electron chi connectivity index (χ2n) is 8.25. The summed E-state index contributed by atoms with van der Waals surface area (Å²) in [6, 6.07) is 0.109. The molecular weight excluding hydrogens is 378 g/mol. The first kappa shape index (κ1) is 20.4. The number of fused-ring (bicyclic) bond motifs is 3. The number of nitrogens with zero attached hydrogens (tertiary/aromatic N) is 2. The van der Waals surface area contributed by atoms with Crippen molar-refractivity contribution >= 4 is 39.2 Å². The Kier molecular flexibility index (Phi) is 6.31. The molecule has 0 aromatic carbocycles. The lowest BCUT2D eigenvalue weighted by Gasteiger charge is -2.18. The molecule has 0 fully saturated rings. The SMILES string of the molecule is CC(C)Cn1c(SCC(=O)NC(C)C)nc2sc3c(c2c1=O)CC[C@H](C)C3. The zero-order valence-electron chi connectivity index (χ0n) is 16.8. The number of nitrogens with one attached hydrogen (secondary N) is 1. The Morgan fingerprint density at radius 2 is 2.11 bits per heavy atom. The molecule has 7 heteroatoms. The van der Waals surface area contributed by atoms with E-state index in [1.165, 1.54) is 22.2 Å². The van der Waals surface area contributed by atoms with E-state index in [0.717, 1.165) is 29.5 Å². The van der Waals surface area contributed by atoms with Crippen LogP contribution in [0.15, 0.2) is 9.95 Å². The number of carbonyl (C=O) groups is 1. The predicted octanol–water partition coefficient (Wildman–Crippen LogP) is 3.86. The molecule has 0 aliphatic heterocycles. The van der Waals surface area contributed by atoms with Crippen LogP contribution in [-0.2, 0) is 24.2 Å². The first-order chi connectivity index (χ1) is 12.8. The van der Waals surface area contributed by atoms with Crippen LogP contribution in [0.1, 0.15) is 51.5 Å². The zero-order chi connectivity index (χ0) is 19.7. The van der Waals surface area contributed by atoms with Crippen LogP contribution in [0.4, 0.5) is 0 Å². The molecule has 2 aromatic heterocycles. The summed E-state index contributed by atoms with van der Waals surface area (Å²) in [5, 5.41) is 4.37. The van der Waals surface area contributed by atoms with Crippen LogP contribution in [0, 0.1) is 11.8 Å².